The quantitative estimate of drug-likeness (QED) is 0.277. The molecule has 1 saturated heterocycles. The second-order valence-corrected chi connectivity index (χ2v) is 9.56. The van der Waals surface area contributed by atoms with Gasteiger partial charge in [0.2, 0.25) is 0 Å². The van der Waals surface area contributed by atoms with Gasteiger partial charge < -0.3 is 19.3 Å². The number of hydrogen-bond acceptors (Lipinski definition) is 6. The van der Waals surface area contributed by atoms with Crippen molar-refractivity contribution in [3.63, 3.8) is 0 Å². The smallest absolute Gasteiger partial charge is 0.300 e. The minimum Gasteiger partial charge on any atom is -0.507 e. The number of benzene rings is 3. The molecular weight excluding hydrogens is 470 g/mol. The fraction of sp³-hybridized carbons (Fsp3) is 0.267. The van der Waals surface area contributed by atoms with Crippen molar-refractivity contribution in [2.75, 3.05) is 12.0 Å². The molecule has 0 aliphatic carbocycles. The van der Waals surface area contributed by atoms with Crippen LogP contribution in [0.25, 0.3) is 5.76 Å². The van der Waals surface area contributed by atoms with Crippen LogP contribution in [0.5, 0.6) is 17.2 Å². The molecule has 37 heavy (non-hydrogen) atoms. The van der Waals surface area contributed by atoms with Crippen molar-refractivity contribution >= 4 is 23.1 Å². The van der Waals surface area contributed by atoms with E-state index in [0.29, 0.717) is 34.7 Å². The maximum absolute atomic E-state index is 13.5. The lowest BCUT2D eigenvalue weighted by atomic mass is 9.94. The number of anilines is 1. The van der Waals surface area contributed by atoms with Crippen LogP contribution in [-0.4, -0.2) is 36.1 Å². The average molecular weight is 500 g/mol. The van der Waals surface area contributed by atoms with Crippen LogP contribution in [0.15, 0.2) is 72.3 Å². The molecule has 2 unspecified atom stereocenters. The number of hydrogen-bond donors (Lipinski definition) is 1. The Labute approximate surface area is 215 Å². The molecule has 7 heteroatoms. The molecule has 190 valence electrons. The molecule has 1 N–H and O–H groups in total. The van der Waals surface area contributed by atoms with Crippen LogP contribution in [0.1, 0.15) is 43.5 Å². The molecule has 0 spiro atoms. The highest BCUT2D eigenvalue weighted by Crippen LogP contribution is 2.43. The Kier molecular flexibility index (Phi) is 6.38. The van der Waals surface area contributed by atoms with E-state index in [2.05, 4.69) is 0 Å². The number of ketones is 1. The van der Waals surface area contributed by atoms with Gasteiger partial charge in [-0.2, -0.15) is 0 Å². The molecule has 1 amide bonds. The summed E-state index contributed by atoms with van der Waals surface area (Å²) in [5.41, 5.74) is 2.59. The molecule has 0 aromatic heterocycles. The fourth-order valence-electron chi connectivity index (χ4n) is 4.90. The average Bonchev–Trinajstić information content (AvgIpc) is 3.39. The highest BCUT2D eigenvalue weighted by molar-refractivity contribution is 6.51. The SMILES string of the molecule is COc1cccc(N2C(=O)C(=O)/C(=C(\O)c3ccc4c(c3)CC(C)O4)C2c2ccc(OC(C)C)cc2)c1. The Morgan fingerprint density at radius 3 is 2.49 bits per heavy atom. The number of methoxy groups -OCH3 is 1. The van der Waals surface area contributed by atoms with Crippen LogP contribution in [0, 0.1) is 0 Å². The zero-order valence-corrected chi connectivity index (χ0v) is 21.2. The summed E-state index contributed by atoms with van der Waals surface area (Å²) in [5, 5.41) is 11.5. The van der Waals surface area contributed by atoms with Crippen LogP contribution < -0.4 is 19.1 Å². The van der Waals surface area contributed by atoms with Gasteiger partial charge in [-0.05, 0) is 74.4 Å². The highest BCUT2D eigenvalue weighted by Gasteiger charge is 2.47. The topological polar surface area (TPSA) is 85.3 Å². The van der Waals surface area contributed by atoms with E-state index in [1.54, 1.807) is 48.5 Å². The third-order valence-corrected chi connectivity index (χ3v) is 6.51. The van der Waals surface area contributed by atoms with E-state index in [1.165, 1.54) is 12.0 Å². The number of carbonyl (C=O) groups is 2. The van der Waals surface area contributed by atoms with Gasteiger partial charge in [0, 0.05) is 23.7 Å². The second-order valence-electron chi connectivity index (χ2n) is 9.56. The molecule has 7 nitrogen and oxygen atoms in total. The summed E-state index contributed by atoms with van der Waals surface area (Å²) < 4.78 is 16.9. The molecule has 0 radical (unpaired) electrons. The monoisotopic (exact) mass is 499 g/mol. The summed E-state index contributed by atoms with van der Waals surface area (Å²) in [6, 6.07) is 18.7. The first kappa shape index (κ1) is 24.4. The summed E-state index contributed by atoms with van der Waals surface area (Å²) in [4.78, 5) is 28.3. The Morgan fingerprint density at radius 2 is 1.78 bits per heavy atom. The Bertz CT molecular complexity index is 1390. The van der Waals surface area contributed by atoms with Gasteiger partial charge in [0.05, 0.1) is 24.8 Å². The maximum Gasteiger partial charge on any atom is 0.300 e. The number of aliphatic hydroxyl groups excluding tert-OH is 1. The highest BCUT2D eigenvalue weighted by atomic mass is 16.5. The van der Waals surface area contributed by atoms with Crippen molar-refractivity contribution in [3.05, 3.63) is 89.0 Å². The van der Waals surface area contributed by atoms with E-state index in [9.17, 15) is 14.7 Å². The van der Waals surface area contributed by atoms with Gasteiger partial charge in [-0.15, -0.1) is 0 Å². The van der Waals surface area contributed by atoms with Gasteiger partial charge >= 0.3 is 0 Å². The lowest BCUT2D eigenvalue weighted by Crippen LogP contribution is -2.29. The minimum atomic E-state index is -0.844. The van der Waals surface area contributed by atoms with Crippen molar-refractivity contribution in [3.8, 4) is 17.2 Å². The van der Waals surface area contributed by atoms with Gasteiger partial charge in [-0.25, -0.2) is 0 Å². The number of ether oxygens (including phenoxy) is 3. The van der Waals surface area contributed by atoms with Crippen LogP contribution in [-0.2, 0) is 16.0 Å². The number of Topliss-reactive ketones (excluding diaryl/α,β-unsaturated/α-hetero) is 1. The second kappa shape index (κ2) is 9.65. The summed E-state index contributed by atoms with van der Waals surface area (Å²) in [5.74, 6) is 0.284. The first-order valence-corrected chi connectivity index (χ1v) is 12.3. The van der Waals surface area contributed by atoms with Gasteiger partial charge in [0.15, 0.2) is 0 Å². The molecule has 3 aromatic rings. The van der Waals surface area contributed by atoms with E-state index >= 15 is 0 Å². The fourth-order valence-corrected chi connectivity index (χ4v) is 4.90. The molecule has 2 atom stereocenters. The molecular formula is C30H29NO6. The van der Waals surface area contributed by atoms with Crippen molar-refractivity contribution in [2.45, 2.75) is 45.4 Å². The van der Waals surface area contributed by atoms with Crippen molar-refractivity contribution in [1.82, 2.24) is 0 Å². The van der Waals surface area contributed by atoms with Gasteiger partial charge in [0.1, 0.15) is 29.1 Å². The molecule has 1 fully saturated rings. The lowest BCUT2D eigenvalue weighted by Gasteiger charge is -2.26. The normalized spacial score (nSPS) is 20.2. The number of carbonyl (C=O) groups excluding carboxylic acids is 2. The molecule has 3 aromatic carbocycles. The first-order valence-electron chi connectivity index (χ1n) is 12.3. The summed E-state index contributed by atoms with van der Waals surface area (Å²) in [7, 11) is 1.54. The summed E-state index contributed by atoms with van der Waals surface area (Å²) >= 11 is 0. The largest absolute Gasteiger partial charge is 0.507 e. The summed E-state index contributed by atoms with van der Waals surface area (Å²) in [6.07, 6.45) is 0.743. The van der Waals surface area contributed by atoms with E-state index < -0.39 is 17.7 Å². The third-order valence-electron chi connectivity index (χ3n) is 6.51. The standard InChI is InChI=1S/C30H29NO6/c1-17(2)36-23-11-8-19(9-12-23)27-26(28(32)20-10-13-25-21(15-20)14-18(3)37-25)29(33)30(34)31(27)22-6-5-7-24(16-22)35-4/h5-13,15-18,27,32H,14H2,1-4H3/b28-26-. The maximum atomic E-state index is 13.5. The number of aliphatic hydroxyl groups is 1. The zero-order chi connectivity index (χ0) is 26.3. The zero-order valence-electron chi connectivity index (χ0n) is 21.2. The molecule has 2 aliphatic heterocycles. The first-order chi connectivity index (χ1) is 17.8. The van der Waals surface area contributed by atoms with Crippen LogP contribution in [0.4, 0.5) is 5.69 Å². The minimum absolute atomic E-state index is 0.000207. The Hall–Kier alpha value is -4.26. The molecule has 0 bridgehead atoms. The number of fused-ring (bicyclic) bond motifs is 1. The van der Waals surface area contributed by atoms with Crippen LogP contribution in [0.3, 0.4) is 0 Å². The van der Waals surface area contributed by atoms with Crippen LogP contribution in [0.2, 0.25) is 0 Å². The molecule has 5 rings (SSSR count). The van der Waals surface area contributed by atoms with E-state index in [0.717, 1.165) is 11.3 Å². The number of amides is 1. The predicted molar refractivity (Wildman–Crippen MR) is 140 cm³/mol. The molecule has 0 saturated carbocycles. The third kappa shape index (κ3) is 4.53. The Balaban J connectivity index is 1.65. The predicted octanol–water partition coefficient (Wildman–Crippen LogP) is 5.43. The van der Waals surface area contributed by atoms with E-state index in [1.807, 2.05) is 39.0 Å². The molecule has 2 aliphatic rings. The van der Waals surface area contributed by atoms with Gasteiger partial charge in [-0.1, -0.05) is 18.2 Å². The van der Waals surface area contributed by atoms with E-state index in [4.69, 9.17) is 14.2 Å². The van der Waals surface area contributed by atoms with Crippen molar-refractivity contribution < 1.29 is 28.9 Å². The van der Waals surface area contributed by atoms with Crippen LogP contribution >= 0.6 is 0 Å². The lowest BCUT2D eigenvalue weighted by molar-refractivity contribution is -0.132. The summed E-state index contributed by atoms with van der Waals surface area (Å²) in [6.45, 7) is 5.86. The van der Waals surface area contributed by atoms with Gasteiger partial charge in [-0.3, -0.25) is 14.5 Å². The number of nitrogens with zero attached hydrogens (tertiary/aromatic N) is 1. The van der Waals surface area contributed by atoms with E-state index in [-0.39, 0.29) is 23.5 Å². The van der Waals surface area contributed by atoms with Crippen molar-refractivity contribution in [2.24, 2.45) is 0 Å². The Morgan fingerprint density at radius 1 is 1.03 bits per heavy atom. The van der Waals surface area contributed by atoms with Gasteiger partial charge in [0.25, 0.3) is 11.7 Å². The number of rotatable bonds is 6. The van der Waals surface area contributed by atoms with Crippen molar-refractivity contribution in [1.29, 1.82) is 0 Å². The molecule has 2 heterocycles.